The van der Waals surface area contributed by atoms with E-state index in [1.165, 1.54) is 11.1 Å². The Kier molecular flexibility index (Phi) is 3.86. The number of nitriles is 1. The maximum atomic E-state index is 8.85. The second kappa shape index (κ2) is 5.57. The molecule has 3 heteroatoms. The quantitative estimate of drug-likeness (QED) is 0.896. The van der Waals surface area contributed by atoms with E-state index in [2.05, 4.69) is 36.5 Å². The number of nitrogens with one attached hydrogen (secondary N) is 1. The van der Waals surface area contributed by atoms with Gasteiger partial charge in [-0.25, -0.2) is 0 Å². The van der Waals surface area contributed by atoms with E-state index in [0.29, 0.717) is 17.1 Å². The molecular formula is C15H13ClN2. The highest BCUT2D eigenvalue weighted by atomic mass is 35.5. The minimum Gasteiger partial charge on any atom is -0.380 e. The fourth-order valence-corrected chi connectivity index (χ4v) is 1.93. The third kappa shape index (κ3) is 3.03. The predicted molar refractivity (Wildman–Crippen MR) is 74.7 cm³/mol. The van der Waals surface area contributed by atoms with E-state index in [1.54, 1.807) is 18.2 Å². The van der Waals surface area contributed by atoms with Gasteiger partial charge in [-0.2, -0.15) is 5.26 Å². The third-order valence-corrected chi connectivity index (χ3v) is 2.99. The van der Waals surface area contributed by atoms with Crippen molar-refractivity contribution in [3.8, 4) is 6.07 Å². The Hall–Kier alpha value is -1.98. The highest BCUT2D eigenvalue weighted by molar-refractivity contribution is 6.33. The van der Waals surface area contributed by atoms with E-state index in [1.807, 2.05) is 6.07 Å². The smallest absolute Gasteiger partial charge is 0.0992 e. The van der Waals surface area contributed by atoms with Crippen molar-refractivity contribution in [3.05, 3.63) is 64.2 Å². The lowest BCUT2D eigenvalue weighted by Gasteiger charge is -2.09. The van der Waals surface area contributed by atoms with Crippen molar-refractivity contribution >= 4 is 17.3 Å². The number of hydrogen-bond acceptors (Lipinski definition) is 2. The molecule has 2 aromatic carbocycles. The summed E-state index contributed by atoms with van der Waals surface area (Å²) in [5.74, 6) is 0. The summed E-state index contributed by atoms with van der Waals surface area (Å²) < 4.78 is 0. The molecule has 0 spiro atoms. The van der Waals surface area contributed by atoms with Crippen LogP contribution in [0, 0.1) is 18.3 Å². The van der Waals surface area contributed by atoms with E-state index in [9.17, 15) is 0 Å². The summed E-state index contributed by atoms with van der Waals surface area (Å²) in [6.45, 7) is 2.75. The average molecular weight is 257 g/mol. The molecule has 0 radical (unpaired) electrons. The van der Waals surface area contributed by atoms with Crippen LogP contribution in [0.3, 0.4) is 0 Å². The maximum Gasteiger partial charge on any atom is 0.0992 e. The van der Waals surface area contributed by atoms with Gasteiger partial charge in [0.2, 0.25) is 0 Å². The van der Waals surface area contributed by atoms with Gasteiger partial charge in [-0.3, -0.25) is 0 Å². The van der Waals surface area contributed by atoms with Crippen molar-refractivity contribution in [3.63, 3.8) is 0 Å². The molecule has 0 bridgehead atoms. The van der Waals surface area contributed by atoms with Gasteiger partial charge in [0.15, 0.2) is 0 Å². The minimum atomic E-state index is 0.603. The van der Waals surface area contributed by atoms with Gasteiger partial charge in [0, 0.05) is 6.54 Å². The van der Waals surface area contributed by atoms with Gasteiger partial charge < -0.3 is 5.32 Å². The number of nitrogens with zero attached hydrogens (tertiary/aromatic N) is 1. The molecule has 0 aliphatic carbocycles. The van der Waals surface area contributed by atoms with Gasteiger partial charge >= 0.3 is 0 Å². The molecule has 0 saturated carbocycles. The average Bonchev–Trinajstić information content (AvgIpc) is 2.38. The summed E-state index contributed by atoms with van der Waals surface area (Å²) in [5, 5.41) is 12.7. The molecule has 0 fully saturated rings. The van der Waals surface area contributed by atoms with Gasteiger partial charge in [-0.05, 0) is 30.7 Å². The Morgan fingerprint density at radius 1 is 1.22 bits per heavy atom. The molecule has 0 unspecified atom stereocenters. The number of hydrogen-bond donors (Lipinski definition) is 1. The number of anilines is 1. The second-order valence-electron chi connectivity index (χ2n) is 4.15. The molecule has 18 heavy (non-hydrogen) atoms. The first-order valence-corrected chi connectivity index (χ1v) is 6.06. The Balaban J connectivity index is 2.13. The van der Waals surface area contributed by atoms with E-state index < -0.39 is 0 Å². The molecule has 0 atom stereocenters. The van der Waals surface area contributed by atoms with Gasteiger partial charge in [0.1, 0.15) is 0 Å². The summed E-state index contributed by atoms with van der Waals surface area (Å²) in [7, 11) is 0. The van der Waals surface area contributed by atoms with Gasteiger partial charge in [0.05, 0.1) is 22.3 Å². The first-order chi connectivity index (χ1) is 8.69. The SMILES string of the molecule is Cc1cccc(CNc2cc(C#N)ccc2Cl)c1. The van der Waals surface area contributed by atoms with Gasteiger partial charge in [-0.15, -0.1) is 0 Å². The molecule has 0 heterocycles. The molecule has 2 rings (SSSR count). The molecule has 2 aromatic rings. The Morgan fingerprint density at radius 3 is 2.78 bits per heavy atom. The second-order valence-corrected chi connectivity index (χ2v) is 4.56. The molecule has 1 N–H and O–H groups in total. The molecule has 90 valence electrons. The van der Waals surface area contributed by atoms with Crippen LogP contribution in [0.1, 0.15) is 16.7 Å². The van der Waals surface area contributed by atoms with E-state index in [-0.39, 0.29) is 0 Å². The van der Waals surface area contributed by atoms with Crippen LogP contribution in [-0.4, -0.2) is 0 Å². The highest BCUT2D eigenvalue weighted by Crippen LogP contribution is 2.23. The van der Waals surface area contributed by atoms with Crippen LogP contribution in [-0.2, 0) is 6.54 Å². The van der Waals surface area contributed by atoms with Crippen LogP contribution in [0.15, 0.2) is 42.5 Å². The molecule has 0 saturated heterocycles. The predicted octanol–water partition coefficient (Wildman–Crippen LogP) is 4.13. The van der Waals surface area contributed by atoms with Crippen molar-refractivity contribution in [2.45, 2.75) is 13.5 Å². The fraction of sp³-hybridized carbons (Fsp3) is 0.133. The highest BCUT2D eigenvalue weighted by Gasteiger charge is 2.02. The number of halogens is 1. The summed E-state index contributed by atoms with van der Waals surface area (Å²) in [6.07, 6.45) is 0. The lowest BCUT2D eigenvalue weighted by Crippen LogP contribution is -2.00. The Bertz CT molecular complexity index is 600. The van der Waals surface area contributed by atoms with Crippen LogP contribution >= 0.6 is 11.6 Å². The minimum absolute atomic E-state index is 0.603. The van der Waals surface area contributed by atoms with Crippen molar-refractivity contribution in [2.24, 2.45) is 0 Å². The van der Waals surface area contributed by atoms with Crippen LogP contribution in [0.4, 0.5) is 5.69 Å². The number of benzene rings is 2. The molecular weight excluding hydrogens is 244 g/mol. The van der Waals surface area contributed by atoms with Crippen LogP contribution in [0.5, 0.6) is 0 Å². The number of rotatable bonds is 3. The van der Waals surface area contributed by atoms with Crippen molar-refractivity contribution in [1.29, 1.82) is 5.26 Å². The zero-order chi connectivity index (χ0) is 13.0. The van der Waals surface area contributed by atoms with Crippen LogP contribution < -0.4 is 5.32 Å². The third-order valence-electron chi connectivity index (χ3n) is 2.66. The molecule has 0 aromatic heterocycles. The van der Waals surface area contributed by atoms with Crippen LogP contribution in [0.2, 0.25) is 5.02 Å². The number of aryl methyl sites for hydroxylation is 1. The van der Waals surface area contributed by atoms with Crippen molar-refractivity contribution in [2.75, 3.05) is 5.32 Å². The lowest BCUT2D eigenvalue weighted by molar-refractivity contribution is 1.14. The normalized spacial score (nSPS) is 9.83. The van der Waals surface area contributed by atoms with Crippen molar-refractivity contribution < 1.29 is 0 Å². The Labute approximate surface area is 112 Å². The summed E-state index contributed by atoms with van der Waals surface area (Å²) in [4.78, 5) is 0. The fourth-order valence-electron chi connectivity index (χ4n) is 1.75. The van der Waals surface area contributed by atoms with E-state index in [0.717, 1.165) is 5.69 Å². The maximum absolute atomic E-state index is 8.85. The molecule has 0 amide bonds. The first kappa shape index (κ1) is 12.5. The standard InChI is InChI=1S/C15H13ClN2/c1-11-3-2-4-13(7-11)10-18-15-8-12(9-17)5-6-14(15)16/h2-8,18H,10H2,1H3. The molecule has 2 nitrogen and oxygen atoms in total. The first-order valence-electron chi connectivity index (χ1n) is 5.68. The topological polar surface area (TPSA) is 35.8 Å². The largest absolute Gasteiger partial charge is 0.380 e. The van der Waals surface area contributed by atoms with Crippen molar-refractivity contribution in [1.82, 2.24) is 0 Å². The molecule has 0 aliphatic rings. The zero-order valence-electron chi connectivity index (χ0n) is 10.1. The lowest BCUT2D eigenvalue weighted by atomic mass is 10.1. The summed E-state index contributed by atoms with van der Waals surface area (Å²) in [5.41, 5.74) is 3.81. The van der Waals surface area contributed by atoms with Gasteiger partial charge in [-0.1, -0.05) is 41.4 Å². The monoisotopic (exact) mass is 256 g/mol. The van der Waals surface area contributed by atoms with E-state index in [4.69, 9.17) is 16.9 Å². The Morgan fingerprint density at radius 2 is 2.06 bits per heavy atom. The molecule has 0 aliphatic heterocycles. The zero-order valence-corrected chi connectivity index (χ0v) is 10.8. The van der Waals surface area contributed by atoms with Gasteiger partial charge in [0.25, 0.3) is 0 Å². The van der Waals surface area contributed by atoms with Crippen LogP contribution in [0.25, 0.3) is 0 Å². The van der Waals surface area contributed by atoms with E-state index >= 15 is 0 Å². The summed E-state index contributed by atoms with van der Waals surface area (Å²) in [6, 6.07) is 15.6. The summed E-state index contributed by atoms with van der Waals surface area (Å²) >= 11 is 6.08.